The average molecular weight is 587 g/mol. The molecule has 1 fully saturated rings. The van der Waals surface area contributed by atoms with Crippen LogP contribution in [0.25, 0.3) is 10.9 Å². The van der Waals surface area contributed by atoms with Gasteiger partial charge in [0.2, 0.25) is 0 Å². The van der Waals surface area contributed by atoms with Gasteiger partial charge in [0.25, 0.3) is 5.91 Å². The van der Waals surface area contributed by atoms with Crippen LogP contribution in [0.1, 0.15) is 16.9 Å². The first-order chi connectivity index (χ1) is 20.1. The molecule has 0 unspecified atom stereocenters. The number of aromatic nitrogens is 4. The number of amides is 1. The number of carbonyl (C=O) groups excluding carboxylic acids is 1. The molecule has 4 heterocycles. The minimum atomic E-state index is -4.57. The molecule has 3 aromatic heterocycles. The number of rotatable bonds is 10. The standard InChI is InChI=1S/C28H29F3N6O5/c1-36-9-7-17(13-36)14-37-15-24(41-16-28(29,30)31)26(35-37)27(38)34-25-5-4-18(12-33-25)42-21-6-8-32-20-11-23(40-3)22(39-2)10-19(20)21/h4-6,8,10-12,15,17H,7,9,13-14,16H2,1-3H3,(H,33,34,38)/t17-/m0/s1. The Labute approximate surface area is 239 Å². The molecule has 42 heavy (non-hydrogen) atoms. The predicted octanol–water partition coefficient (Wildman–Crippen LogP) is 4.78. The quantitative estimate of drug-likeness (QED) is 0.281. The van der Waals surface area contributed by atoms with Gasteiger partial charge < -0.3 is 29.2 Å². The summed E-state index contributed by atoms with van der Waals surface area (Å²) in [5, 5.41) is 7.49. The van der Waals surface area contributed by atoms with Crippen molar-refractivity contribution in [2.75, 3.05) is 46.3 Å². The maximum absolute atomic E-state index is 13.0. The molecule has 222 valence electrons. The Morgan fingerprint density at radius 2 is 1.86 bits per heavy atom. The maximum Gasteiger partial charge on any atom is 0.422 e. The van der Waals surface area contributed by atoms with Gasteiger partial charge in [-0.1, -0.05) is 0 Å². The van der Waals surface area contributed by atoms with Crippen LogP contribution in [-0.2, 0) is 6.54 Å². The number of likely N-dealkylation sites (tertiary alicyclic amines) is 1. The number of pyridine rings is 2. The van der Waals surface area contributed by atoms with Crippen LogP contribution in [-0.4, -0.2) is 77.7 Å². The Bertz CT molecular complexity index is 1560. The van der Waals surface area contributed by atoms with Crippen molar-refractivity contribution in [3.05, 3.63) is 54.6 Å². The molecule has 1 amide bonds. The summed E-state index contributed by atoms with van der Waals surface area (Å²) in [7, 11) is 5.06. The first-order valence-corrected chi connectivity index (χ1v) is 13.0. The number of nitrogens with zero attached hydrogens (tertiary/aromatic N) is 5. The number of carbonyl (C=O) groups is 1. The highest BCUT2D eigenvalue weighted by molar-refractivity contribution is 6.04. The van der Waals surface area contributed by atoms with E-state index in [1.54, 1.807) is 30.5 Å². The molecule has 4 aromatic rings. The molecule has 1 aromatic carbocycles. The van der Waals surface area contributed by atoms with E-state index in [9.17, 15) is 18.0 Å². The van der Waals surface area contributed by atoms with Crippen LogP contribution < -0.4 is 24.3 Å². The predicted molar refractivity (Wildman–Crippen MR) is 146 cm³/mol. The summed E-state index contributed by atoms with van der Waals surface area (Å²) in [6.07, 6.45) is 0.671. The number of anilines is 1. The number of nitrogens with one attached hydrogen (secondary N) is 1. The molecule has 1 N–H and O–H groups in total. The maximum atomic E-state index is 13.0. The van der Waals surface area contributed by atoms with Gasteiger partial charge in [0, 0.05) is 30.7 Å². The third kappa shape index (κ3) is 6.82. The van der Waals surface area contributed by atoms with Crippen LogP contribution in [0.3, 0.4) is 0 Å². The zero-order chi connectivity index (χ0) is 29.9. The largest absolute Gasteiger partial charge is 0.493 e. The zero-order valence-electron chi connectivity index (χ0n) is 23.1. The summed E-state index contributed by atoms with van der Waals surface area (Å²) in [4.78, 5) is 23.8. The van der Waals surface area contributed by atoms with Gasteiger partial charge in [0.05, 0.1) is 32.1 Å². The lowest BCUT2D eigenvalue weighted by molar-refractivity contribution is -0.153. The molecular weight excluding hydrogens is 557 g/mol. The molecule has 0 aliphatic carbocycles. The second-order valence-corrected chi connectivity index (χ2v) is 9.85. The molecular formula is C28H29F3N6O5. The van der Waals surface area contributed by atoms with Crippen molar-refractivity contribution in [1.82, 2.24) is 24.6 Å². The fourth-order valence-electron chi connectivity index (χ4n) is 4.71. The molecule has 1 aliphatic rings. The minimum Gasteiger partial charge on any atom is -0.493 e. The fraction of sp³-hybridized carbons (Fsp3) is 0.357. The SMILES string of the molecule is COc1cc2nccc(Oc3ccc(NC(=O)c4nn(C[C@H]5CCN(C)C5)cc4OCC(F)(F)F)nc3)c2cc1OC. The number of fused-ring (bicyclic) bond motifs is 1. The topological polar surface area (TPSA) is 113 Å². The third-order valence-corrected chi connectivity index (χ3v) is 6.68. The van der Waals surface area contributed by atoms with Crippen LogP contribution in [0.2, 0.25) is 0 Å². The van der Waals surface area contributed by atoms with Crippen molar-refractivity contribution in [3.63, 3.8) is 0 Å². The van der Waals surface area contributed by atoms with Crippen molar-refractivity contribution in [2.24, 2.45) is 5.92 Å². The third-order valence-electron chi connectivity index (χ3n) is 6.68. The molecule has 0 bridgehead atoms. The van der Waals surface area contributed by atoms with E-state index in [0.717, 1.165) is 19.5 Å². The second-order valence-electron chi connectivity index (χ2n) is 9.85. The van der Waals surface area contributed by atoms with E-state index in [1.165, 1.54) is 37.4 Å². The van der Waals surface area contributed by atoms with E-state index in [0.29, 0.717) is 40.4 Å². The van der Waals surface area contributed by atoms with Gasteiger partial charge in [-0.25, -0.2) is 4.98 Å². The lowest BCUT2D eigenvalue weighted by Crippen LogP contribution is -2.21. The van der Waals surface area contributed by atoms with Crippen LogP contribution in [0.4, 0.5) is 19.0 Å². The van der Waals surface area contributed by atoms with Crippen molar-refractivity contribution in [1.29, 1.82) is 0 Å². The molecule has 14 heteroatoms. The highest BCUT2D eigenvalue weighted by Crippen LogP contribution is 2.37. The first-order valence-electron chi connectivity index (χ1n) is 13.0. The summed E-state index contributed by atoms with van der Waals surface area (Å²) in [6, 6.07) is 8.26. The zero-order valence-corrected chi connectivity index (χ0v) is 23.1. The van der Waals surface area contributed by atoms with Crippen molar-refractivity contribution in [2.45, 2.75) is 19.1 Å². The number of ether oxygens (including phenoxy) is 4. The van der Waals surface area contributed by atoms with E-state index in [4.69, 9.17) is 18.9 Å². The van der Waals surface area contributed by atoms with Crippen molar-refractivity contribution < 1.29 is 36.9 Å². The molecule has 1 saturated heterocycles. The summed E-state index contributed by atoms with van der Waals surface area (Å²) in [5.74, 6) is 1.29. The number of hydrogen-bond donors (Lipinski definition) is 1. The number of hydrogen-bond acceptors (Lipinski definition) is 9. The lowest BCUT2D eigenvalue weighted by Gasteiger charge is -2.12. The molecule has 0 radical (unpaired) electrons. The van der Waals surface area contributed by atoms with Crippen LogP contribution in [0, 0.1) is 5.92 Å². The van der Waals surface area contributed by atoms with Gasteiger partial charge >= 0.3 is 6.18 Å². The highest BCUT2D eigenvalue weighted by Gasteiger charge is 2.31. The van der Waals surface area contributed by atoms with Crippen LogP contribution in [0.5, 0.6) is 28.7 Å². The van der Waals surface area contributed by atoms with Gasteiger partial charge in [-0.15, -0.1) is 0 Å². The highest BCUT2D eigenvalue weighted by atomic mass is 19.4. The van der Waals surface area contributed by atoms with Crippen molar-refractivity contribution in [3.8, 4) is 28.7 Å². The van der Waals surface area contributed by atoms with E-state index < -0.39 is 18.7 Å². The first kappa shape index (κ1) is 28.9. The Morgan fingerprint density at radius 3 is 2.52 bits per heavy atom. The molecule has 1 atom stereocenters. The summed E-state index contributed by atoms with van der Waals surface area (Å²) >= 11 is 0. The Morgan fingerprint density at radius 1 is 1.07 bits per heavy atom. The van der Waals surface area contributed by atoms with Crippen LogP contribution >= 0.6 is 0 Å². The van der Waals surface area contributed by atoms with E-state index in [-0.39, 0.29) is 23.2 Å². The van der Waals surface area contributed by atoms with Gasteiger partial charge in [-0.3, -0.25) is 14.5 Å². The smallest absolute Gasteiger partial charge is 0.422 e. The Hall–Kier alpha value is -4.59. The second kappa shape index (κ2) is 12.1. The summed E-state index contributed by atoms with van der Waals surface area (Å²) in [5.41, 5.74) is 0.366. The molecule has 0 spiro atoms. The summed E-state index contributed by atoms with van der Waals surface area (Å²) in [6.45, 7) is 0.655. The average Bonchev–Trinajstić information content (AvgIpc) is 3.57. The monoisotopic (exact) mass is 586 g/mol. The van der Waals surface area contributed by atoms with Crippen molar-refractivity contribution >= 4 is 22.6 Å². The molecule has 5 rings (SSSR count). The van der Waals surface area contributed by atoms with Gasteiger partial charge in [0.15, 0.2) is 29.5 Å². The normalized spacial score (nSPS) is 15.5. The van der Waals surface area contributed by atoms with E-state index in [1.807, 2.05) is 7.05 Å². The number of halogens is 3. The summed E-state index contributed by atoms with van der Waals surface area (Å²) < 4.78 is 61.7. The molecule has 11 nitrogen and oxygen atoms in total. The van der Waals surface area contributed by atoms with Gasteiger partial charge in [-0.05, 0) is 50.2 Å². The number of methoxy groups -OCH3 is 2. The van der Waals surface area contributed by atoms with E-state index in [2.05, 4.69) is 25.3 Å². The lowest BCUT2D eigenvalue weighted by atomic mass is 10.1. The number of benzene rings is 1. The molecule has 1 aliphatic heterocycles. The fourth-order valence-corrected chi connectivity index (χ4v) is 4.71. The number of alkyl halides is 3. The Kier molecular flexibility index (Phi) is 8.34. The van der Waals surface area contributed by atoms with Gasteiger partial charge in [0.1, 0.15) is 17.3 Å². The van der Waals surface area contributed by atoms with Gasteiger partial charge in [-0.2, -0.15) is 18.3 Å². The minimum absolute atomic E-state index is 0.145. The van der Waals surface area contributed by atoms with E-state index >= 15 is 0 Å². The van der Waals surface area contributed by atoms with Crippen LogP contribution in [0.15, 0.2) is 48.9 Å². The molecule has 0 saturated carbocycles. The Balaban J connectivity index is 1.31.